The normalized spacial score (nSPS) is 9.94. The molecule has 2 rings (SSSR count). The first-order chi connectivity index (χ1) is 8.10. The summed E-state index contributed by atoms with van der Waals surface area (Å²) in [5.41, 5.74) is 0.724. The number of aromatic hydroxyl groups is 1. The fourth-order valence-electron chi connectivity index (χ4n) is 1.55. The van der Waals surface area contributed by atoms with Crippen LogP contribution in [0.3, 0.4) is 0 Å². The van der Waals surface area contributed by atoms with E-state index in [2.05, 4.69) is 0 Å². The molecule has 0 radical (unpaired) electrons. The van der Waals surface area contributed by atoms with Crippen molar-refractivity contribution in [3.05, 3.63) is 53.6 Å². The Morgan fingerprint density at radius 3 is 2.24 bits per heavy atom. The zero-order valence-electron chi connectivity index (χ0n) is 8.61. The van der Waals surface area contributed by atoms with E-state index < -0.39 is 11.6 Å². The van der Waals surface area contributed by atoms with Crippen LogP contribution in [0.15, 0.2) is 36.4 Å². The second-order valence-electron chi connectivity index (χ2n) is 3.50. The molecule has 0 saturated heterocycles. The third-order valence-corrected chi connectivity index (χ3v) is 2.30. The standard InChI is InChI=1S/C13H7F2NO/c14-10-4-9(5-11(15)6-10)12-3-8(7-16)1-2-13(12)17/h1-6,17H. The largest absolute Gasteiger partial charge is 0.507 e. The van der Waals surface area contributed by atoms with Crippen LogP contribution in [0.25, 0.3) is 11.1 Å². The van der Waals surface area contributed by atoms with Crippen LogP contribution in [0.1, 0.15) is 5.56 Å². The molecule has 1 N–H and O–H groups in total. The van der Waals surface area contributed by atoms with E-state index in [0.717, 1.165) is 18.2 Å². The number of phenolic OH excluding ortho intramolecular Hbond substituents is 1. The van der Waals surface area contributed by atoms with Crippen LogP contribution in [0.4, 0.5) is 8.78 Å². The summed E-state index contributed by atoms with van der Waals surface area (Å²) < 4.78 is 26.1. The molecule has 0 heterocycles. The molecule has 0 saturated carbocycles. The molecule has 0 aromatic heterocycles. The lowest BCUT2D eigenvalue weighted by molar-refractivity contribution is 0.477. The van der Waals surface area contributed by atoms with Gasteiger partial charge in [-0.05, 0) is 35.9 Å². The number of nitriles is 1. The molecule has 0 amide bonds. The number of benzene rings is 2. The number of nitrogens with zero attached hydrogens (tertiary/aromatic N) is 1. The van der Waals surface area contributed by atoms with Crippen LogP contribution in [0.5, 0.6) is 5.75 Å². The summed E-state index contributed by atoms with van der Waals surface area (Å²) in [5.74, 6) is -1.60. The lowest BCUT2D eigenvalue weighted by atomic mass is 10.0. The van der Waals surface area contributed by atoms with E-state index in [1.54, 1.807) is 0 Å². The van der Waals surface area contributed by atoms with Crippen molar-refractivity contribution in [1.82, 2.24) is 0 Å². The maximum atomic E-state index is 13.0. The van der Waals surface area contributed by atoms with Gasteiger partial charge in [0.15, 0.2) is 0 Å². The predicted molar refractivity (Wildman–Crippen MR) is 58.2 cm³/mol. The molecule has 0 aliphatic heterocycles. The highest BCUT2D eigenvalue weighted by atomic mass is 19.1. The highest BCUT2D eigenvalue weighted by Crippen LogP contribution is 2.30. The monoisotopic (exact) mass is 231 g/mol. The fraction of sp³-hybridized carbons (Fsp3) is 0. The first kappa shape index (κ1) is 11.1. The third kappa shape index (κ3) is 2.23. The van der Waals surface area contributed by atoms with Crippen LogP contribution < -0.4 is 0 Å². The first-order valence-electron chi connectivity index (χ1n) is 4.80. The minimum Gasteiger partial charge on any atom is -0.507 e. The molecule has 4 heteroatoms. The van der Waals surface area contributed by atoms with Gasteiger partial charge < -0.3 is 5.11 Å². The van der Waals surface area contributed by atoms with Gasteiger partial charge >= 0.3 is 0 Å². The van der Waals surface area contributed by atoms with Crippen molar-refractivity contribution in [3.8, 4) is 22.9 Å². The minimum absolute atomic E-state index is 0.131. The molecule has 2 aromatic carbocycles. The molecule has 0 aliphatic rings. The van der Waals surface area contributed by atoms with Gasteiger partial charge in [-0.3, -0.25) is 0 Å². The lowest BCUT2D eigenvalue weighted by Gasteiger charge is -2.05. The molecule has 0 bridgehead atoms. The Bertz CT molecular complexity index is 597. The van der Waals surface area contributed by atoms with Crippen LogP contribution in [0, 0.1) is 23.0 Å². The van der Waals surface area contributed by atoms with E-state index in [9.17, 15) is 13.9 Å². The summed E-state index contributed by atoms with van der Waals surface area (Å²) in [6, 6.07) is 8.95. The number of rotatable bonds is 1. The zero-order valence-corrected chi connectivity index (χ0v) is 8.61. The maximum absolute atomic E-state index is 13.0. The highest BCUT2D eigenvalue weighted by molar-refractivity contribution is 5.71. The van der Waals surface area contributed by atoms with Crippen LogP contribution in [0.2, 0.25) is 0 Å². The van der Waals surface area contributed by atoms with Gasteiger partial charge in [-0.1, -0.05) is 0 Å². The predicted octanol–water partition coefficient (Wildman–Crippen LogP) is 3.21. The summed E-state index contributed by atoms with van der Waals surface area (Å²) in [6.07, 6.45) is 0. The second kappa shape index (κ2) is 4.22. The molecule has 0 unspecified atom stereocenters. The van der Waals surface area contributed by atoms with Gasteiger partial charge in [0.1, 0.15) is 17.4 Å². The molecule has 17 heavy (non-hydrogen) atoms. The Balaban J connectivity index is 2.63. The molecule has 0 fully saturated rings. The zero-order chi connectivity index (χ0) is 12.4. The van der Waals surface area contributed by atoms with E-state index in [1.807, 2.05) is 6.07 Å². The Morgan fingerprint density at radius 1 is 1.00 bits per heavy atom. The number of phenols is 1. The van der Waals surface area contributed by atoms with Crippen LogP contribution in [-0.2, 0) is 0 Å². The smallest absolute Gasteiger partial charge is 0.126 e. The first-order valence-corrected chi connectivity index (χ1v) is 4.80. The van der Waals surface area contributed by atoms with Gasteiger partial charge in [0.25, 0.3) is 0 Å². The summed E-state index contributed by atoms with van der Waals surface area (Å²) in [5, 5.41) is 18.3. The Morgan fingerprint density at radius 2 is 1.65 bits per heavy atom. The highest BCUT2D eigenvalue weighted by Gasteiger charge is 2.08. The van der Waals surface area contributed by atoms with Gasteiger partial charge in [-0.15, -0.1) is 0 Å². The van der Waals surface area contributed by atoms with Crippen molar-refractivity contribution >= 4 is 0 Å². The van der Waals surface area contributed by atoms with E-state index in [4.69, 9.17) is 5.26 Å². The fourth-order valence-corrected chi connectivity index (χ4v) is 1.55. The van der Waals surface area contributed by atoms with E-state index in [-0.39, 0.29) is 16.9 Å². The van der Waals surface area contributed by atoms with Crippen molar-refractivity contribution in [2.24, 2.45) is 0 Å². The quantitative estimate of drug-likeness (QED) is 0.818. The Labute approximate surface area is 96.4 Å². The molecular weight excluding hydrogens is 224 g/mol. The van der Waals surface area contributed by atoms with Crippen molar-refractivity contribution in [2.45, 2.75) is 0 Å². The summed E-state index contributed by atoms with van der Waals surface area (Å²) in [7, 11) is 0. The van der Waals surface area contributed by atoms with Gasteiger partial charge in [-0.2, -0.15) is 5.26 Å². The van der Waals surface area contributed by atoms with Crippen molar-refractivity contribution < 1.29 is 13.9 Å². The molecule has 0 atom stereocenters. The molecule has 0 aliphatic carbocycles. The molecule has 2 aromatic rings. The summed E-state index contributed by atoms with van der Waals surface area (Å²) in [6.45, 7) is 0. The topological polar surface area (TPSA) is 44.0 Å². The van der Waals surface area contributed by atoms with Gasteiger partial charge in [0.2, 0.25) is 0 Å². The summed E-state index contributed by atoms with van der Waals surface area (Å²) >= 11 is 0. The van der Waals surface area contributed by atoms with Crippen molar-refractivity contribution in [1.29, 1.82) is 5.26 Å². The van der Waals surface area contributed by atoms with Gasteiger partial charge in [0.05, 0.1) is 11.6 Å². The Hall–Kier alpha value is -2.41. The molecule has 2 nitrogen and oxygen atoms in total. The minimum atomic E-state index is -0.734. The average Bonchev–Trinajstić information content (AvgIpc) is 2.28. The molecular formula is C13H7F2NO. The van der Waals surface area contributed by atoms with Gasteiger partial charge in [-0.25, -0.2) is 8.78 Å². The van der Waals surface area contributed by atoms with Crippen LogP contribution in [-0.4, -0.2) is 5.11 Å². The van der Waals surface area contributed by atoms with Gasteiger partial charge in [0, 0.05) is 11.6 Å². The maximum Gasteiger partial charge on any atom is 0.126 e. The Kier molecular flexibility index (Phi) is 2.75. The molecule has 0 spiro atoms. The SMILES string of the molecule is N#Cc1ccc(O)c(-c2cc(F)cc(F)c2)c1. The van der Waals surface area contributed by atoms with Crippen LogP contribution >= 0.6 is 0 Å². The average molecular weight is 231 g/mol. The lowest BCUT2D eigenvalue weighted by Crippen LogP contribution is -1.86. The van der Waals surface area contributed by atoms with E-state index in [0.29, 0.717) is 5.56 Å². The number of hydrogen-bond donors (Lipinski definition) is 1. The molecule has 84 valence electrons. The van der Waals surface area contributed by atoms with E-state index >= 15 is 0 Å². The van der Waals surface area contributed by atoms with E-state index in [1.165, 1.54) is 18.2 Å². The number of halogens is 2. The second-order valence-corrected chi connectivity index (χ2v) is 3.50. The third-order valence-electron chi connectivity index (χ3n) is 2.30. The van der Waals surface area contributed by atoms with Crippen molar-refractivity contribution in [3.63, 3.8) is 0 Å². The van der Waals surface area contributed by atoms with Crippen molar-refractivity contribution in [2.75, 3.05) is 0 Å². The number of hydrogen-bond acceptors (Lipinski definition) is 2. The summed E-state index contributed by atoms with van der Waals surface area (Å²) in [4.78, 5) is 0.